The van der Waals surface area contributed by atoms with Crippen LogP contribution in [-0.2, 0) is 13.0 Å². The molecular formula is C23H24N4O. The SMILES string of the molecule is CC1N=C2C(N3CCc4ccccc4C3)=CC(n3ccccc3=O)=CN2C1C. The van der Waals surface area contributed by atoms with Gasteiger partial charge in [0.25, 0.3) is 5.56 Å². The highest BCUT2D eigenvalue weighted by Gasteiger charge is 2.36. The second-order valence-corrected chi connectivity index (χ2v) is 7.77. The van der Waals surface area contributed by atoms with E-state index in [1.54, 1.807) is 16.7 Å². The summed E-state index contributed by atoms with van der Waals surface area (Å²) in [5.74, 6) is 1.02. The Kier molecular flexibility index (Phi) is 3.97. The van der Waals surface area contributed by atoms with Gasteiger partial charge in [-0.15, -0.1) is 0 Å². The van der Waals surface area contributed by atoms with Gasteiger partial charge in [0.15, 0.2) is 5.84 Å². The van der Waals surface area contributed by atoms with E-state index in [1.165, 1.54) is 11.1 Å². The van der Waals surface area contributed by atoms with Crippen molar-refractivity contribution >= 4 is 11.5 Å². The lowest BCUT2D eigenvalue weighted by atomic mass is 9.99. The summed E-state index contributed by atoms with van der Waals surface area (Å²) in [5.41, 5.74) is 4.78. The summed E-state index contributed by atoms with van der Waals surface area (Å²) in [7, 11) is 0. The minimum atomic E-state index is -0.0198. The molecule has 1 aromatic carbocycles. The second-order valence-electron chi connectivity index (χ2n) is 7.77. The number of aromatic nitrogens is 1. The van der Waals surface area contributed by atoms with E-state index in [0.29, 0.717) is 0 Å². The summed E-state index contributed by atoms with van der Waals surface area (Å²) in [4.78, 5) is 22.0. The molecule has 0 radical (unpaired) electrons. The first-order chi connectivity index (χ1) is 13.6. The van der Waals surface area contributed by atoms with Crippen LogP contribution in [0, 0.1) is 0 Å². The summed E-state index contributed by atoms with van der Waals surface area (Å²) in [6.45, 7) is 6.17. The molecule has 2 aromatic rings. The van der Waals surface area contributed by atoms with Crippen LogP contribution in [0.1, 0.15) is 25.0 Å². The van der Waals surface area contributed by atoms with Crippen molar-refractivity contribution < 1.29 is 0 Å². The van der Waals surface area contributed by atoms with Gasteiger partial charge < -0.3 is 9.80 Å². The molecule has 28 heavy (non-hydrogen) atoms. The molecule has 0 aliphatic carbocycles. The van der Waals surface area contributed by atoms with E-state index in [2.05, 4.69) is 60.2 Å². The Morgan fingerprint density at radius 1 is 1.04 bits per heavy atom. The number of amidine groups is 1. The average Bonchev–Trinajstić information content (AvgIpc) is 3.01. The van der Waals surface area contributed by atoms with Crippen LogP contribution in [0.15, 0.2) is 76.4 Å². The van der Waals surface area contributed by atoms with Crippen molar-refractivity contribution in [2.24, 2.45) is 4.99 Å². The summed E-state index contributed by atoms with van der Waals surface area (Å²) < 4.78 is 1.71. The summed E-state index contributed by atoms with van der Waals surface area (Å²) in [6, 6.07) is 14.4. The molecule has 2 atom stereocenters. The van der Waals surface area contributed by atoms with Crippen molar-refractivity contribution in [1.82, 2.24) is 14.4 Å². The van der Waals surface area contributed by atoms with Gasteiger partial charge in [-0.1, -0.05) is 30.3 Å². The number of hydrogen-bond acceptors (Lipinski definition) is 4. The molecule has 2 unspecified atom stereocenters. The molecule has 0 spiro atoms. The number of nitrogens with zero attached hydrogens (tertiary/aromatic N) is 4. The van der Waals surface area contributed by atoms with Crippen molar-refractivity contribution in [3.05, 3.63) is 88.1 Å². The minimum absolute atomic E-state index is 0.0198. The van der Waals surface area contributed by atoms with Crippen LogP contribution < -0.4 is 5.56 Å². The third-order valence-electron chi connectivity index (χ3n) is 6.06. The molecule has 5 rings (SSSR count). The third-order valence-corrected chi connectivity index (χ3v) is 6.06. The number of benzene rings is 1. The van der Waals surface area contributed by atoms with Crippen LogP contribution in [0.5, 0.6) is 0 Å². The lowest BCUT2D eigenvalue weighted by Crippen LogP contribution is -2.42. The molecule has 0 N–H and O–H groups in total. The van der Waals surface area contributed by atoms with Gasteiger partial charge in [0.2, 0.25) is 0 Å². The standard InChI is InChI=1S/C23H24N4O/c1-16-17(2)27-15-20(26-11-6-5-9-22(26)28)13-21(23(27)24-16)25-12-10-18-7-3-4-8-19(18)14-25/h3-9,11,13,15-17H,10,12,14H2,1-2H3. The Morgan fingerprint density at radius 2 is 1.82 bits per heavy atom. The van der Waals surface area contributed by atoms with E-state index in [-0.39, 0.29) is 17.6 Å². The monoisotopic (exact) mass is 372 g/mol. The fraction of sp³-hybridized carbons (Fsp3) is 0.304. The maximum absolute atomic E-state index is 12.4. The number of hydrogen-bond donors (Lipinski definition) is 0. The Bertz CT molecular complexity index is 1080. The molecule has 5 nitrogen and oxygen atoms in total. The summed E-state index contributed by atoms with van der Waals surface area (Å²) in [5, 5.41) is 0. The Morgan fingerprint density at radius 3 is 2.64 bits per heavy atom. The molecule has 142 valence electrons. The number of fused-ring (bicyclic) bond motifs is 2. The zero-order chi connectivity index (χ0) is 19.3. The molecule has 1 aromatic heterocycles. The van der Waals surface area contributed by atoms with Crippen molar-refractivity contribution in [2.75, 3.05) is 6.54 Å². The van der Waals surface area contributed by atoms with Crippen molar-refractivity contribution in [1.29, 1.82) is 0 Å². The van der Waals surface area contributed by atoms with Gasteiger partial charge in [-0.05, 0) is 43.5 Å². The van der Waals surface area contributed by atoms with Gasteiger partial charge in [0.1, 0.15) is 0 Å². The molecule has 0 amide bonds. The zero-order valence-electron chi connectivity index (χ0n) is 16.2. The van der Waals surface area contributed by atoms with Crippen LogP contribution in [0.4, 0.5) is 0 Å². The Labute approximate surface area is 164 Å². The summed E-state index contributed by atoms with van der Waals surface area (Å²) >= 11 is 0. The van der Waals surface area contributed by atoms with Gasteiger partial charge in [-0.2, -0.15) is 0 Å². The predicted octanol–water partition coefficient (Wildman–Crippen LogP) is 3.09. The molecule has 5 heteroatoms. The quantitative estimate of drug-likeness (QED) is 0.813. The lowest BCUT2D eigenvalue weighted by molar-refractivity contribution is 0.326. The molecule has 3 aliphatic rings. The average molecular weight is 372 g/mol. The van der Waals surface area contributed by atoms with Crippen molar-refractivity contribution in [3.8, 4) is 0 Å². The summed E-state index contributed by atoms with van der Waals surface area (Å²) in [6.07, 6.45) is 7.04. The van der Waals surface area contributed by atoms with E-state index >= 15 is 0 Å². The van der Waals surface area contributed by atoms with E-state index in [0.717, 1.165) is 36.7 Å². The van der Waals surface area contributed by atoms with Crippen molar-refractivity contribution in [3.63, 3.8) is 0 Å². The highest BCUT2D eigenvalue weighted by molar-refractivity contribution is 6.03. The molecule has 0 saturated carbocycles. The van der Waals surface area contributed by atoms with Gasteiger partial charge >= 0.3 is 0 Å². The molecule has 0 saturated heterocycles. The number of pyridine rings is 1. The van der Waals surface area contributed by atoms with E-state index in [1.807, 2.05) is 12.3 Å². The maximum Gasteiger partial charge on any atom is 0.255 e. The smallest absolute Gasteiger partial charge is 0.255 e. The normalized spacial score (nSPS) is 23.6. The number of aliphatic imine (C=N–C) groups is 1. The van der Waals surface area contributed by atoms with E-state index in [9.17, 15) is 4.79 Å². The molecule has 3 aliphatic heterocycles. The van der Waals surface area contributed by atoms with E-state index < -0.39 is 0 Å². The topological polar surface area (TPSA) is 40.8 Å². The third kappa shape index (κ3) is 2.70. The lowest BCUT2D eigenvalue weighted by Gasteiger charge is -2.37. The van der Waals surface area contributed by atoms with Gasteiger partial charge in [-0.25, -0.2) is 0 Å². The first kappa shape index (κ1) is 17.0. The molecule has 4 heterocycles. The Balaban J connectivity index is 1.59. The van der Waals surface area contributed by atoms with Crippen LogP contribution >= 0.6 is 0 Å². The molecule has 0 fully saturated rings. The predicted molar refractivity (Wildman–Crippen MR) is 112 cm³/mol. The minimum Gasteiger partial charge on any atom is -0.364 e. The van der Waals surface area contributed by atoms with Gasteiger partial charge in [0, 0.05) is 31.6 Å². The van der Waals surface area contributed by atoms with Crippen LogP contribution in [0.2, 0.25) is 0 Å². The van der Waals surface area contributed by atoms with Gasteiger partial charge in [-0.3, -0.25) is 14.4 Å². The maximum atomic E-state index is 12.4. The van der Waals surface area contributed by atoms with Crippen molar-refractivity contribution in [2.45, 2.75) is 38.9 Å². The first-order valence-corrected chi connectivity index (χ1v) is 9.91. The van der Waals surface area contributed by atoms with Crippen LogP contribution in [0.3, 0.4) is 0 Å². The molecule has 0 bridgehead atoms. The highest BCUT2D eigenvalue weighted by atomic mass is 16.1. The highest BCUT2D eigenvalue weighted by Crippen LogP contribution is 2.32. The second kappa shape index (κ2) is 6.51. The number of rotatable bonds is 2. The Hall–Kier alpha value is -3.08. The number of allylic oxidation sites excluding steroid dienone is 2. The van der Waals surface area contributed by atoms with Gasteiger partial charge in [0.05, 0.1) is 23.5 Å². The van der Waals surface area contributed by atoms with Crippen LogP contribution in [-0.4, -0.2) is 38.8 Å². The van der Waals surface area contributed by atoms with Crippen LogP contribution in [0.25, 0.3) is 5.70 Å². The fourth-order valence-corrected chi connectivity index (χ4v) is 4.26. The zero-order valence-corrected chi connectivity index (χ0v) is 16.2. The first-order valence-electron chi connectivity index (χ1n) is 9.91. The fourth-order valence-electron chi connectivity index (χ4n) is 4.26. The van der Waals surface area contributed by atoms with E-state index in [4.69, 9.17) is 4.99 Å². The largest absolute Gasteiger partial charge is 0.364 e. The molecular weight excluding hydrogens is 348 g/mol.